The van der Waals surface area contributed by atoms with Gasteiger partial charge in [-0.25, -0.2) is 9.97 Å². The number of hydrogen-bond acceptors (Lipinski definition) is 5. The van der Waals surface area contributed by atoms with E-state index in [0.717, 1.165) is 37.9 Å². The fourth-order valence-electron chi connectivity index (χ4n) is 4.37. The van der Waals surface area contributed by atoms with E-state index in [1.165, 1.54) is 5.56 Å². The lowest BCUT2D eigenvalue weighted by Gasteiger charge is -2.34. The Labute approximate surface area is 195 Å². The molecule has 0 unspecified atom stereocenters. The van der Waals surface area contributed by atoms with Gasteiger partial charge >= 0.3 is 0 Å². The minimum absolute atomic E-state index is 0.343. The van der Waals surface area contributed by atoms with Crippen molar-refractivity contribution >= 4 is 22.8 Å². The average molecular weight is 440 g/mol. The maximum atomic E-state index is 12.8. The van der Waals surface area contributed by atoms with Crippen LogP contribution in [0.5, 0.6) is 0 Å². The Balaban J connectivity index is 1.58. The van der Waals surface area contributed by atoms with Gasteiger partial charge in [0.05, 0.1) is 17.1 Å². The predicted molar refractivity (Wildman–Crippen MR) is 131 cm³/mol. The molecule has 0 aliphatic carbocycles. The first-order valence-electron chi connectivity index (χ1n) is 11.5. The van der Waals surface area contributed by atoms with Crippen molar-refractivity contribution in [2.45, 2.75) is 31.6 Å². The molecule has 0 saturated carbocycles. The molecular formula is C27H29N5O. The number of anilines is 1. The third-order valence-electron chi connectivity index (χ3n) is 6.17. The zero-order chi connectivity index (χ0) is 23.0. The van der Waals surface area contributed by atoms with Crippen molar-refractivity contribution in [3.05, 3.63) is 78.5 Å². The van der Waals surface area contributed by atoms with Crippen molar-refractivity contribution in [1.29, 1.82) is 5.26 Å². The summed E-state index contributed by atoms with van der Waals surface area (Å²) in [7, 11) is 0. The molecule has 0 radical (unpaired) electrons. The summed E-state index contributed by atoms with van der Waals surface area (Å²) >= 11 is 0. The summed E-state index contributed by atoms with van der Waals surface area (Å²) in [5.41, 5.74) is 3.26. The second kappa shape index (κ2) is 10.7. The number of rotatable bonds is 8. The van der Waals surface area contributed by atoms with Crippen LogP contribution in [0.3, 0.4) is 0 Å². The highest BCUT2D eigenvalue weighted by Crippen LogP contribution is 2.31. The Bertz CT molecular complexity index is 1150. The maximum absolute atomic E-state index is 12.8. The second-order valence-electron chi connectivity index (χ2n) is 8.47. The number of nitrogens with zero attached hydrogens (tertiary/aromatic N) is 4. The number of carbonyl (C=O) groups is 1. The topological polar surface area (TPSA) is 81.9 Å². The highest BCUT2D eigenvalue weighted by atomic mass is 16.1. The van der Waals surface area contributed by atoms with Gasteiger partial charge in [-0.15, -0.1) is 6.58 Å². The standard InChI is InChI=1S/C27H29N5O/c1-2-3-15-29-27(33)22(19-28)25-26(31-24-12-8-7-11-23(24)30-25)32-16-13-21(14-17-32)18-20-9-5-4-6-10-20/h2,4-12,21-22H,1,3,13-18H2,(H,29,33)/t22-/m1/s1. The van der Waals surface area contributed by atoms with Crippen molar-refractivity contribution < 1.29 is 4.79 Å². The zero-order valence-corrected chi connectivity index (χ0v) is 18.8. The second-order valence-corrected chi connectivity index (χ2v) is 8.47. The molecule has 2 heterocycles. The predicted octanol–water partition coefficient (Wildman–Crippen LogP) is 4.39. The minimum Gasteiger partial charge on any atom is -0.355 e. The first-order valence-corrected chi connectivity index (χ1v) is 11.5. The molecule has 1 aliphatic heterocycles. The van der Waals surface area contributed by atoms with Crippen molar-refractivity contribution in [1.82, 2.24) is 15.3 Å². The van der Waals surface area contributed by atoms with Gasteiger partial charge in [-0.2, -0.15) is 5.26 Å². The SMILES string of the molecule is C=CCCNC(=O)[C@H](C#N)c1nc2ccccc2nc1N1CCC(Cc2ccccc2)CC1. The van der Waals surface area contributed by atoms with Gasteiger partial charge in [-0.1, -0.05) is 48.5 Å². The molecule has 1 aliphatic rings. The summed E-state index contributed by atoms with van der Waals surface area (Å²) < 4.78 is 0. The van der Waals surface area contributed by atoms with Crippen molar-refractivity contribution in [2.24, 2.45) is 5.92 Å². The molecular weight excluding hydrogens is 410 g/mol. The molecule has 168 valence electrons. The third kappa shape index (κ3) is 5.38. The molecule has 0 bridgehead atoms. The van der Waals surface area contributed by atoms with Crippen molar-refractivity contribution in [3.8, 4) is 6.07 Å². The average Bonchev–Trinajstić information content (AvgIpc) is 2.85. The quantitative estimate of drug-likeness (QED) is 0.416. The van der Waals surface area contributed by atoms with E-state index in [0.29, 0.717) is 35.9 Å². The van der Waals surface area contributed by atoms with Crippen LogP contribution in [0.4, 0.5) is 5.82 Å². The van der Waals surface area contributed by atoms with E-state index in [2.05, 4.69) is 47.1 Å². The molecule has 4 rings (SSSR count). The number of nitriles is 1. The Morgan fingerprint density at radius 2 is 1.79 bits per heavy atom. The number of hydrogen-bond donors (Lipinski definition) is 1. The fourth-order valence-corrected chi connectivity index (χ4v) is 4.37. The summed E-state index contributed by atoms with van der Waals surface area (Å²) in [4.78, 5) is 24.6. The van der Waals surface area contributed by atoms with Gasteiger partial charge in [-0.05, 0) is 49.3 Å². The summed E-state index contributed by atoms with van der Waals surface area (Å²) in [6, 6.07) is 20.4. The van der Waals surface area contributed by atoms with E-state index < -0.39 is 5.92 Å². The Hall–Kier alpha value is -3.72. The van der Waals surface area contributed by atoms with Crippen molar-refractivity contribution in [3.63, 3.8) is 0 Å². The lowest BCUT2D eigenvalue weighted by Crippen LogP contribution is -2.37. The van der Waals surface area contributed by atoms with Gasteiger partial charge < -0.3 is 10.2 Å². The molecule has 3 aromatic rings. The van der Waals surface area contributed by atoms with Gasteiger partial charge in [0, 0.05) is 19.6 Å². The lowest BCUT2D eigenvalue weighted by atomic mass is 9.90. The summed E-state index contributed by atoms with van der Waals surface area (Å²) in [6.07, 6.45) is 5.52. The minimum atomic E-state index is -1.01. The number of benzene rings is 2. The van der Waals surface area contributed by atoms with E-state index in [4.69, 9.17) is 9.97 Å². The Kier molecular flexibility index (Phi) is 7.31. The highest BCUT2D eigenvalue weighted by Gasteiger charge is 2.30. The smallest absolute Gasteiger partial charge is 0.243 e. The number of nitrogens with one attached hydrogen (secondary N) is 1. The molecule has 6 nitrogen and oxygen atoms in total. The number of para-hydroxylation sites is 2. The van der Waals surface area contributed by atoms with Crippen LogP contribution in [-0.2, 0) is 11.2 Å². The van der Waals surface area contributed by atoms with Crippen LogP contribution < -0.4 is 10.2 Å². The number of fused-ring (bicyclic) bond motifs is 1. The molecule has 1 N–H and O–H groups in total. The van der Waals surface area contributed by atoms with E-state index in [1.54, 1.807) is 6.08 Å². The van der Waals surface area contributed by atoms with Crippen LogP contribution in [0.1, 0.15) is 36.4 Å². The molecule has 1 fully saturated rings. The van der Waals surface area contributed by atoms with Gasteiger partial charge in [-0.3, -0.25) is 4.79 Å². The van der Waals surface area contributed by atoms with Gasteiger partial charge in [0.2, 0.25) is 5.91 Å². The van der Waals surface area contributed by atoms with E-state index in [-0.39, 0.29) is 5.91 Å². The van der Waals surface area contributed by atoms with Crippen LogP contribution >= 0.6 is 0 Å². The van der Waals surface area contributed by atoms with Crippen LogP contribution in [0, 0.1) is 17.2 Å². The van der Waals surface area contributed by atoms with Crippen LogP contribution in [0.15, 0.2) is 67.3 Å². The normalized spacial score (nSPS) is 15.1. The molecule has 1 amide bonds. The van der Waals surface area contributed by atoms with E-state index in [1.807, 2.05) is 30.3 Å². The van der Waals surface area contributed by atoms with Crippen LogP contribution in [-0.4, -0.2) is 35.5 Å². The number of amides is 1. The molecule has 6 heteroatoms. The van der Waals surface area contributed by atoms with E-state index in [9.17, 15) is 10.1 Å². The molecule has 33 heavy (non-hydrogen) atoms. The van der Waals surface area contributed by atoms with Crippen LogP contribution in [0.2, 0.25) is 0 Å². The fraction of sp³-hybridized carbons (Fsp3) is 0.333. The van der Waals surface area contributed by atoms with Crippen molar-refractivity contribution in [2.75, 3.05) is 24.5 Å². The zero-order valence-electron chi connectivity index (χ0n) is 18.8. The Morgan fingerprint density at radius 1 is 1.12 bits per heavy atom. The highest BCUT2D eigenvalue weighted by molar-refractivity contribution is 5.88. The molecule has 1 atom stereocenters. The third-order valence-corrected chi connectivity index (χ3v) is 6.17. The first kappa shape index (κ1) is 22.5. The molecule has 1 saturated heterocycles. The van der Waals surface area contributed by atoms with Gasteiger partial charge in [0.25, 0.3) is 0 Å². The molecule has 0 spiro atoms. The number of aromatic nitrogens is 2. The van der Waals surface area contributed by atoms with Gasteiger partial charge in [0.15, 0.2) is 11.7 Å². The van der Waals surface area contributed by atoms with E-state index >= 15 is 0 Å². The molecule has 2 aromatic carbocycles. The largest absolute Gasteiger partial charge is 0.355 e. The molecule has 1 aromatic heterocycles. The summed E-state index contributed by atoms with van der Waals surface area (Å²) in [5, 5.41) is 12.7. The van der Waals surface area contributed by atoms with Gasteiger partial charge in [0.1, 0.15) is 5.69 Å². The number of carbonyl (C=O) groups excluding carboxylic acids is 1. The van der Waals surface area contributed by atoms with Crippen LogP contribution in [0.25, 0.3) is 11.0 Å². The summed E-state index contributed by atoms with van der Waals surface area (Å²) in [5.74, 6) is -0.0973. The lowest BCUT2D eigenvalue weighted by molar-refractivity contribution is -0.121. The maximum Gasteiger partial charge on any atom is 0.243 e. The summed E-state index contributed by atoms with van der Waals surface area (Å²) in [6.45, 7) is 5.78. The number of piperidine rings is 1. The Morgan fingerprint density at radius 3 is 2.45 bits per heavy atom. The monoisotopic (exact) mass is 439 g/mol. The first-order chi connectivity index (χ1) is 16.2.